The van der Waals surface area contributed by atoms with Gasteiger partial charge in [0.1, 0.15) is 6.04 Å². The third kappa shape index (κ3) is 2.11. The van der Waals surface area contributed by atoms with Gasteiger partial charge in [0.05, 0.1) is 6.04 Å². The minimum atomic E-state index is -2.52. The van der Waals surface area contributed by atoms with Crippen LogP contribution in [0.2, 0.25) is 0 Å². The molecule has 1 aromatic rings. The molecule has 1 unspecified atom stereocenters. The molecule has 11 heteroatoms. The molecule has 2 N–H and O–H groups in total. The lowest BCUT2D eigenvalue weighted by Gasteiger charge is -2.27. The van der Waals surface area contributed by atoms with Gasteiger partial charge in [-0.2, -0.15) is 9.27 Å². The number of rotatable bonds is 4. The molecule has 1 saturated carbocycles. The van der Waals surface area contributed by atoms with Crippen molar-refractivity contribution in [3.8, 4) is 0 Å². The van der Waals surface area contributed by atoms with E-state index < -0.39 is 17.4 Å². The second kappa shape index (κ2) is 5.22. The van der Waals surface area contributed by atoms with Crippen molar-refractivity contribution in [3.63, 3.8) is 0 Å². The lowest BCUT2D eigenvalue weighted by atomic mass is 10.0. The van der Waals surface area contributed by atoms with Crippen molar-refractivity contribution >= 4 is 17.4 Å². The van der Waals surface area contributed by atoms with E-state index in [1.807, 2.05) is 0 Å². The molecule has 2 bridgehead atoms. The average Bonchev–Trinajstić information content (AvgIpc) is 2.97. The molecule has 3 aliphatic heterocycles. The van der Waals surface area contributed by atoms with Gasteiger partial charge in [0.25, 0.3) is 0 Å². The summed E-state index contributed by atoms with van der Waals surface area (Å²) >= 11 is -2.52. The molecule has 10 nitrogen and oxygen atoms in total. The van der Waals surface area contributed by atoms with Gasteiger partial charge in [0.2, 0.25) is 11.8 Å². The molecular weight excluding hydrogens is 338 g/mol. The smallest absolute Gasteiger partial charge is 0.346 e. The molecule has 4 aliphatic rings. The number of amides is 2. The molecule has 2 amide bonds. The second-order valence-electron chi connectivity index (χ2n) is 6.79. The van der Waals surface area contributed by atoms with Crippen molar-refractivity contribution in [2.45, 2.75) is 30.8 Å². The largest absolute Gasteiger partial charge is 0.423 e. The summed E-state index contributed by atoms with van der Waals surface area (Å²) in [4.78, 5) is 14.0. The van der Waals surface area contributed by atoms with Crippen LogP contribution < -0.4 is 5.32 Å². The van der Waals surface area contributed by atoms with E-state index in [0.29, 0.717) is 48.9 Å². The van der Waals surface area contributed by atoms with Crippen molar-refractivity contribution < 1.29 is 22.3 Å². The fourth-order valence-electron chi connectivity index (χ4n) is 4.36. The van der Waals surface area contributed by atoms with Crippen LogP contribution in [0, 0.1) is 11.8 Å². The van der Waals surface area contributed by atoms with Crippen molar-refractivity contribution in [1.29, 1.82) is 0 Å². The minimum absolute atomic E-state index is 0.221. The van der Waals surface area contributed by atoms with E-state index in [9.17, 15) is 9.00 Å². The number of hydrogen-bond donors (Lipinski definition) is 2. The van der Waals surface area contributed by atoms with Crippen molar-refractivity contribution in [1.82, 2.24) is 25.5 Å². The molecule has 130 valence electrons. The SMILES string of the molecule is O=C1N2C[C@@H](CC[C@H]2c2nnc([C@H]3[C@@H]4CNC[C@@H]43)o2)N1OS(=O)O. The number of piperidine rings is 2. The third-order valence-corrected chi connectivity index (χ3v) is 5.87. The first-order valence-electron chi connectivity index (χ1n) is 8.06. The highest BCUT2D eigenvalue weighted by Gasteiger charge is 2.57. The number of fused-ring (bicyclic) bond motifs is 3. The Morgan fingerprint density at radius 1 is 1.25 bits per heavy atom. The number of carbonyl (C=O) groups excluding carboxylic acids is 1. The summed E-state index contributed by atoms with van der Waals surface area (Å²) in [5.41, 5.74) is 0. The zero-order valence-corrected chi connectivity index (χ0v) is 13.5. The molecule has 24 heavy (non-hydrogen) atoms. The van der Waals surface area contributed by atoms with Crippen LogP contribution in [-0.2, 0) is 15.6 Å². The first-order valence-corrected chi connectivity index (χ1v) is 9.10. The Labute approximate surface area is 140 Å². The Bertz CT molecular complexity index is 703. The van der Waals surface area contributed by atoms with Crippen molar-refractivity contribution in [2.24, 2.45) is 11.8 Å². The fourth-order valence-corrected chi connectivity index (χ4v) is 4.68. The molecule has 0 aromatic carbocycles. The molecule has 3 saturated heterocycles. The zero-order valence-electron chi connectivity index (χ0n) is 12.7. The summed E-state index contributed by atoms with van der Waals surface area (Å²) in [6.07, 6.45) is 1.31. The number of nitrogens with zero attached hydrogens (tertiary/aromatic N) is 4. The predicted octanol–water partition coefficient (Wildman–Crippen LogP) is 0.0118. The zero-order chi connectivity index (χ0) is 16.4. The molecule has 0 radical (unpaired) electrons. The third-order valence-electron chi connectivity index (χ3n) is 5.59. The Kier molecular flexibility index (Phi) is 3.21. The van der Waals surface area contributed by atoms with Crippen LogP contribution >= 0.6 is 0 Å². The fraction of sp³-hybridized carbons (Fsp3) is 0.769. The highest BCUT2D eigenvalue weighted by molar-refractivity contribution is 7.74. The van der Waals surface area contributed by atoms with E-state index in [1.165, 1.54) is 0 Å². The molecule has 6 atom stereocenters. The van der Waals surface area contributed by atoms with Crippen LogP contribution in [0.5, 0.6) is 0 Å². The van der Waals surface area contributed by atoms with Gasteiger partial charge in [-0.25, -0.2) is 4.79 Å². The summed E-state index contributed by atoms with van der Waals surface area (Å²) in [5.74, 6) is 2.63. The summed E-state index contributed by atoms with van der Waals surface area (Å²) in [7, 11) is 0. The summed E-state index contributed by atoms with van der Waals surface area (Å²) in [5, 5.41) is 12.7. The van der Waals surface area contributed by atoms with Crippen LogP contribution in [0.4, 0.5) is 4.79 Å². The number of nitrogens with one attached hydrogen (secondary N) is 1. The molecule has 4 fully saturated rings. The second-order valence-corrected chi connectivity index (χ2v) is 7.37. The lowest BCUT2D eigenvalue weighted by Crippen LogP contribution is -2.34. The first kappa shape index (κ1) is 14.8. The number of urea groups is 1. The van der Waals surface area contributed by atoms with Gasteiger partial charge in [0, 0.05) is 12.5 Å². The van der Waals surface area contributed by atoms with Gasteiger partial charge in [-0.05, 0) is 37.8 Å². The predicted molar refractivity (Wildman–Crippen MR) is 78.4 cm³/mol. The maximum atomic E-state index is 12.4. The van der Waals surface area contributed by atoms with E-state index >= 15 is 0 Å². The number of carbonyl (C=O) groups is 1. The molecule has 5 rings (SSSR count). The van der Waals surface area contributed by atoms with Gasteiger partial charge < -0.3 is 14.6 Å². The van der Waals surface area contributed by atoms with Gasteiger partial charge >= 0.3 is 17.4 Å². The van der Waals surface area contributed by atoms with E-state index in [0.717, 1.165) is 18.2 Å². The Hall–Kier alpha value is -1.56. The summed E-state index contributed by atoms with van der Waals surface area (Å²) in [6, 6.07) is -0.953. The molecule has 0 spiro atoms. The Morgan fingerprint density at radius 2 is 2.00 bits per heavy atom. The monoisotopic (exact) mass is 355 g/mol. The van der Waals surface area contributed by atoms with E-state index in [4.69, 9.17) is 13.3 Å². The van der Waals surface area contributed by atoms with Crippen LogP contribution in [0.25, 0.3) is 0 Å². The van der Waals surface area contributed by atoms with E-state index in [1.54, 1.807) is 4.90 Å². The average molecular weight is 355 g/mol. The standard InChI is InChI=1S/C13H17N5O5S/c19-13-17-5-6(18(13)23-24(20)21)1-2-9(17)11-15-16-12(22-11)10-7-3-14-4-8(7)10/h6-10,14H,1-5H2,(H,20,21)/t6-,7-,8+,9+,10+/m1/s1. The molecular formula is C13H17N5O5S. The topological polar surface area (TPSA) is 121 Å². The molecule has 1 aromatic heterocycles. The maximum Gasteiger partial charge on any atom is 0.346 e. The number of hydroxylamine groups is 2. The van der Waals surface area contributed by atoms with E-state index in [-0.39, 0.29) is 12.1 Å². The van der Waals surface area contributed by atoms with Gasteiger partial charge in [-0.3, -0.25) is 4.55 Å². The van der Waals surface area contributed by atoms with Crippen LogP contribution in [0.1, 0.15) is 36.6 Å². The first-order chi connectivity index (χ1) is 11.6. The van der Waals surface area contributed by atoms with Crippen LogP contribution in [0.3, 0.4) is 0 Å². The number of aromatic nitrogens is 2. The lowest BCUT2D eigenvalue weighted by molar-refractivity contribution is -0.0230. The highest BCUT2D eigenvalue weighted by atomic mass is 32.2. The van der Waals surface area contributed by atoms with Crippen LogP contribution in [-0.4, -0.2) is 60.6 Å². The summed E-state index contributed by atoms with van der Waals surface area (Å²) < 4.78 is 30.3. The summed E-state index contributed by atoms with van der Waals surface area (Å²) in [6.45, 7) is 2.41. The minimum Gasteiger partial charge on any atom is -0.423 e. The van der Waals surface area contributed by atoms with E-state index in [2.05, 4.69) is 15.5 Å². The quantitative estimate of drug-likeness (QED) is 0.725. The Balaban J connectivity index is 1.34. The van der Waals surface area contributed by atoms with Crippen LogP contribution in [0.15, 0.2) is 4.42 Å². The van der Waals surface area contributed by atoms with Gasteiger partial charge in [-0.15, -0.1) is 14.5 Å². The normalized spacial score (nSPS) is 38.5. The molecule has 1 aliphatic carbocycles. The molecule has 4 heterocycles. The van der Waals surface area contributed by atoms with Gasteiger partial charge in [-0.1, -0.05) is 0 Å². The maximum absolute atomic E-state index is 12.4. The van der Waals surface area contributed by atoms with Gasteiger partial charge in [0.15, 0.2) is 0 Å². The Morgan fingerprint density at radius 3 is 2.75 bits per heavy atom. The van der Waals surface area contributed by atoms with Crippen molar-refractivity contribution in [3.05, 3.63) is 11.8 Å². The number of hydrogen-bond acceptors (Lipinski definition) is 7. The van der Waals surface area contributed by atoms with Crippen molar-refractivity contribution in [2.75, 3.05) is 19.6 Å². The highest BCUT2D eigenvalue weighted by Crippen LogP contribution is 2.55.